The van der Waals surface area contributed by atoms with E-state index in [-0.39, 0.29) is 44.0 Å². The number of imidazole rings is 2. The Morgan fingerprint density at radius 2 is 0.633 bits per heavy atom. The lowest BCUT2D eigenvalue weighted by Crippen LogP contribution is -2.18. The van der Waals surface area contributed by atoms with Crippen LogP contribution in [-0.2, 0) is 43.3 Å². The standard InChI is InChI=1S/C88H98N8O2/c1-81(2,3)57-37-58(82(4,5)6)40-63(39-57)95-73-29-25-27-65(75(73)93-79(95)67-43-61(85(13,14)15)45-69(77(67)97)87(19,20)21)53-31-51(48-89)33-55(35-53)71-47-72(92-50-91-71)56-34-52(49-90)32-54(36-56)66-28-26-30-74-76(66)94-80(68-44-62(86(16,17)18)46-70(78(68)98)88(22,23)24)96(74)64-41-59(83(7,8)9)38-60(42-64)84(10,11)12/h25-47,50,97-98H,1-24H3. The van der Waals surface area contributed by atoms with Crippen LogP contribution in [0, 0.1) is 22.7 Å². The van der Waals surface area contributed by atoms with Gasteiger partial charge in [-0.3, -0.25) is 9.13 Å². The highest BCUT2D eigenvalue weighted by molar-refractivity contribution is 5.99. The number of fused-ring (bicyclic) bond motifs is 2. The van der Waals surface area contributed by atoms with Gasteiger partial charge < -0.3 is 10.2 Å². The summed E-state index contributed by atoms with van der Waals surface area (Å²) < 4.78 is 4.43. The molecule has 0 saturated heterocycles. The third-order valence-corrected chi connectivity index (χ3v) is 19.2. The Kier molecular flexibility index (Phi) is 17.2. The second-order valence-electron chi connectivity index (χ2n) is 35.4. The number of benzene rings is 8. The number of aromatic nitrogens is 6. The molecule has 0 aliphatic heterocycles. The summed E-state index contributed by atoms with van der Waals surface area (Å²) in [6, 6.07) is 53.0. The lowest BCUT2D eigenvalue weighted by molar-refractivity contribution is 0.445. The predicted molar refractivity (Wildman–Crippen MR) is 406 cm³/mol. The van der Waals surface area contributed by atoms with Gasteiger partial charge in [-0.15, -0.1) is 0 Å². The maximum atomic E-state index is 12.7. The Hall–Kier alpha value is -9.64. The van der Waals surface area contributed by atoms with Crippen molar-refractivity contribution in [3.05, 3.63) is 201 Å². The third-order valence-electron chi connectivity index (χ3n) is 19.2. The highest BCUT2D eigenvalue weighted by Crippen LogP contribution is 2.49. The molecule has 10 heteroatoms. The molecule has 11 rings (SSSR count). The second kappa shape index (κ2) is 24.1. The molecule has 0 amide bonds. The zero-order valence-electron chi connectivity index (χ0n) is 62.3. The summed E-state index contributed by atoms with van der Waals surface area (Å²) in [6.07, 6.45) is 1.54. The van der Waals surface area contributed by atoms with E-state index in [9.17, 15) is 20.7 Å². The van der Waals surface area contributed by atoms with Gasteiger partial charge in [-0.1, -0.05) is 215 Å². The number of para-hydroxylation sites is 2. The van der Waals surface area contributed by atoms with E-state index in [0.717, 1.165) is 66.9 Å². The third kappa shape index (κ3) is 13.4. The lowest BCUT2D eigenvalue weighted by Gasteiger charge is -2.28. The smallest absolute Gasteiger partial charge is 0.149 e. The molecule has 502 valence electrons. The molecule has 98 heavy (non-hydrogen) atoms. The zero-order valence-corrected chi connectivity index (χ0v) is 62.3. The molecule has 8 aromatic carbocycles. The molecule has 0 saturated carbocycles. The van der Waals surface area contributed by atoms with E-state index in [1.54, 1.807) is 0 Å². The molecule has 0 aliphatic carbocycles. The summed E-state index contributed by atoms with van der Waals surface area (Å²) in [5.41, 5.74) is 19.3. The van der Waals surface area contributed by atoms with Gasteiger partial charge in [0, 0.05) is 44.8 Å². The minimum absolute atomic E-state index is 0.189. The zero-order chi connectivity index (χ0) is 71.7. The van der Waals surface area contributed by atoms with Crippen LogP contribution in [0.5, 0.6) is 11.5 Å². The Morgan fingerprint density at radius 1 is 0.327 bits per heavy atom. The van der Waals surface area contributed by atoms with Crippen molar-refractivity contribution in [3.8, 4) is 103 Å². The molecule has 0 atom stereocenters. The fraction of sp³-hybridized carbons (Fsp3) is 0.364. The average molecular weight is 1300 g/mol. The minimum Gasteiger partial charge on any atom is -0.507 e. The van der Waals surface area contributed by atoms with Crippen LogP contribution >= 0.6 is 0 Å². The highest BCUT2D eigenvalue weighted by Gasteiger charge is 2.33. The van der Waals surface area contributed by atoms with Crippen molar-refractivity contribution in [2.45, 2.75) is 209 Å². The van der Waals surface area contributed by atoms with Gasteiger partial charge in [0.05, 0.1) is 67.8 Å². The SMILES string of the molecule is CC(C)(C)c1cc(-n2c(-c3cc(C(C)(C)C)cc(C(C)(C)C)c3O)nc3c(-c4cc(C#N)cc(-c5cc(-c6cc(C#N)cc(-c7cccc8c7nc(-c7cc(C(C)(C)C)cc(C(C)(C)C)c7O)n8-c7cc(C(C)(C)C)cc(C(C)(C)C)c7)c6)ncn5)c4)cccc32)cc(C(C)(C)C)c1. The van der Waals surface area contributed by atoms with Gasteiger partial charge in [-0.25, -0.2) is 19.9 Å². The van der Waals surface area contributed by atoms with Crippen LogP contribution in [0.15, 0.2) is 146 Å². The van der Waals surface area contributed by atoms with Crippen molar-refractivity contribution in [1.29, 1.82) is 10.5 Å². The van der Waals surface area contributed by atoms with Gasteiger partial charge in [-0.2, -0.15) is 10.5 Å². The van der Waals surface area contributed by atoms with Crippen LogP contribution in [-0.4, -0.2) is 39.3 Å². The van der Waals surface area contributed by atoms with Crippen LogP contribution in [0.1, 0.15) is 222 Å². The van der Waals surface area contributed by atoms with E-state index in [2.05, 4.69) is 285 Å². The first-order valence-corrected chi connectivity index (χ1v) is 34.4. The molecule has 2 N–H and O–H groups in total. The molecule has 3 aromatic heterocycles. The molecular formula is C88H98N8O2. The lowest BCUT2D eigenvalue weighted by atomic mass is 9.78. The van der Waals surface area contributed by atoms with Gasteiger partial charge in [0.1, 0.15) is 29.5 Å². The summed E-state index contributed by atoms with van der Waals surface area (Å²) in [4.78, 5) is 21.1. The molecule has 0 radical (unpaired) electrons. The second-order valence-corrected chi connectivity index (χ2v) is 35.4. The Balaban J connectivity index is 1.10. The maximum absolute atomic E-state index is 12.7. The first kappa shape index (κ1) is 69.7. The quantitative estimate of drug-likeness (QED) is 0.153. The van der Waals surface area contributed by atoms with Gasteiger partial charge in [0.2, 0.25) is 0 Å². The van der Waals surface area contributed by atoms with E-state index in [1.807, 2.05) is 42.5 Å². The summed E-state index contributed by atoms with van der Waals surface area (Å²) in [5.74, 6) is 1.59. The Labute approximate surface area is 582 Å². The van der Waals surface area contributed by atoms with E-state index >= 15 is 0 Å². The van der Waals surface area contributed by atoms with Crippen LogP contribution in [0.2, 0.25) is 0 Å². The van der Waals surface area contributed by atoms with Crippen molar-refractivity contribution in [3.63, 3.8) is 0 Å². The van der Waals surface area contributed by atoms with Crippen molar-refractivity contribution >= 4 is 22.1 Å². The molecule has 3 heterocycles. The van der Waals surface area contributed by atoms with Crippen LogP contribution < -0.4 is 0 Å². The Bertz CT molecular complexity index is 4710. The normalized spacial score (nSPS) is 13.0. The summed E-state index contributed by atoms with van der Waals surface area (Å²) in [6.45, 7) is 52.9. The largest absolute Gasteiger partial charge is 0.507 e. The van der Waals surface area contributed by atoms with E-state index < -0.39 is 10.8 Å². The first-order chi connectivity index (χ1) is 45.3. The highest BCUT2D eigenvalue weighted by atomic mass is 16.3. The van der Waals surface area contributed by atoms with Crippen LogP contribution in [0.3, 0.4) is 0 Å². The van der Waals surface area contributed by atoms with E-state index in [0.29, 0.717) is 67.5 Å². The average Bonchev–Trinajstić information content (AvgIpc) is 1.57. The van der Waals surface area contributed by atoms with E-state index in [1.165, 1.54) is 28.6 Å². The number of nitriles is 2. The monoisotopic (exact) mass is 1300 g/mol. The van der Waals surface area contributed by atoms with Crippen LogP contribution in [0.25, 0.3) is 101 Å². The molecule has 10 nitrogen and oxygen atoms in total. The molecule has 0 fully saturated rings. The Morgan fingerprint density at radius 3 is 0.929 bits per heavy atom. The number of hydrogen-bond donors (Lipinski definition) is 2. The van der Waals surface area contributed by atoms with Crippen molar-refractivity contribution in [2.75, 3.05) is 0 Å². The number of aromatic hydroxyl groups is 2. The van der Waals surface area contributed by atoms with Crippen molar-refractivity contribution < 1.29 is 10.2 Å². The number of rotatable bonds is 8. The molecule has 0 bridgehead atoms. The fourth-order valence-electron chi connectivity index (χ4n) is 13.0. The van der Waals surface area contributed by atoms with Crippen LogP contribution in [0.4, 0.5) is 0 Å². The number of phenols is 2. The first-order valence-electron chi connectivity index (χ1n) is 34.4. The van der Waals surface area contributed by atoms with Gasteiger partial charge in [0.25, 0.3) is 0 Å². The fourth-order valence-corrected chi connectivity index (χ4v) is 13.0. The molecule has 11 aromatic rings. The van der Waals surface area contributed by atoms with Gasteiger partial charge in [0.15, 0.2) is 0 Å². The molecule has 0 unspecified atom stereocenters. The van der Waals surface area contributed by atoms with Crippen molar-refractivity contribution in [1.82, 2.24) is 29.1 Å². The summed E-state index contributed by atoms with van der Waals surface area (Å²) in [7, 11) is 0. The van der Waals surface area contributed by atoms with Gasteiger partial charge in [-0.05, 0) is 179 Å². The molecule has 0 spiro atoms. The predicted octanol–water partition coefficient (Wildman–Crippen LogP) is 22.7. The number of phenolic OH excluding ortho intramolecular Hbond substituents is 2. The topological polar surface area (TPSA) is 149 Å². The minimum atomic E-state index is -0.395. The summed E-state index contributed by atoms with van der Waals surface area (Å²) in [5, 5.41) is 47.2. The molecule has 0 aliphatic rings. The maximum Gasteiger partial charge on any atom is 0.149 e. The number of nitrogens with zero attached hydrogens (tertiary/aromatic N) is 8. The van der Waals surface area contributed by atoms with Gasteiger partial charge >= 0.3 is 0 Å². The molecular weight excluding hydrogens is 1200 g/mol. The van der Waals surface area contributed by atoms with Crippen molar-refractivity contribution in [2.24, 2.45) is 0 Å². The van der Waals surface area contributed by atoms with E-state index in [4.69, 9.17) is 19.9 Å². The number of hydrogen-bond acceptors (Lipinski definition) is 8. The summed E-state index contributed by atoms with van der Waals surface area (Å²) >= 11 is 0.